The van der Waals surface area contributed by atoms with Gasteiger partial charge in [0, 0.05) is 18.3 Å². The number of halogens is 5. The van der Waals surface area contributed by atoms with Crippen molar-refractivity contribution in [3.05, 3.63) is 35.6 Å². The Bertz CT molecular complexity index is 635. The second kappa shape index (κ2) is 6.70. The molecule has 0 spiro atoms. The molecule has 1 aliphatic heterocycles. The Kier molecular flexibility index (Phi) is 5.22. The van der Waals surface area contributed by atoms with E-state index in [2.05, 4.69) is 20.7 Å². The number of methoxy groups -OCH3 is 1. The largest absolute Gasteiger partial charge is 0.468 e. The molecule has 0 unspecified atom stereocenters. The molecule has 1 amide bonds. The zero-order valence-electron chi connectivity index (χ0n) is 12.6. The molecule has 0 aliphatic carbocycles. The summed E-state index contributed by atoms with van der Waals surface area (Å²) in [5.74, 6) is -3.54. The van der Waals surface area contributed by atoms with Crippen molar-refractivity contribution < 1.29 is 31.9 Å². The predicted octanol–water partition coefficient (Wildman–Crippen LogP) is 3.22. The number of ether oxygens (including phenoxy) is 1. The normalized spacial score (nSPS) is 24.3. The number of likely N-dealkylation sites (tertiary alicyclic amines) is 1. The van der Waals surface area contributed by atoms with Gasteiger partial charge in [0.2, 0.25) is 11.3 Å². The van der Waals surface area contributed by atoms with Crippen LogP contribution >= 0.6 is 15.9 Å². The number of esters is 1. The number of carbonyl (C=O) groups is 2. The Morgan fingerprint density at radius 1 is 1.38 bits per heavy atom. The van der Waals surface area contributed by atoms with Gasteiger partial charge in [0.1, 0.15) is 5.82 Å². The zero-order chi connectivity index (χ0) is 18.1. The van der Waals surface area contributed by atoms with E-state index < -0.39 is 41.7 Å². The monoisotopic (exact) mass is 411 g/mol. The second-order valence-electron chi connectivity index (χ2n) is 5.35. The van der Waals surface area contributed by atoms with Gasteiger partial charge in [0.05, 0.1) is 13.2 Å². The fraction of sp³-hybridized carbons (Fsp3) is 0.467. The molecule has 4 nitrogen and oxygen atoms in total. The first-order chi connectivity index (χ1) is 11.2. The Hall–Kier alpha value is -1.64. The molecule has 132 valence electrons. The van der Waals surface area contributed by atoms with Gasteiger partial charge in [-0.3, -0.25) is 9.59 Å². The van der Waals surface area contributed by atoms with Crippen LogP contribution in [0.25, 0.3) is 0 Å². The Labute approximate surface area is 143 Å². The molecule has 1 heterocycles. The van der Waals surface area contributed by atoms with Crippen LogP contribution < -0.4 is 0 Å². The fourth-order valence-corrected chi connectivity index (χ4v) is 3.29. The van der Waals surface area contributed by atoms with Gasteiger partial charge < -0.3 is 9.64 Å². The van der Waals surface area contributed by atoms with Gasteiger partial charge in [-0.05, 0) is 17.7 Å². The van der Waals surface area contributed by atoms with E-state index in [1.807, 2.05) is 0 Å². The van der Waals surface area contributed by atoms with Crippen LogP contribution in [-0.2, 0) is 14.3 Å². The first-order valence-corrected chi connectivity index (χ1v) is 8.09. The van der Waals surface area contributed by atoms with Gasteiger partial charge in [-0.15, -0.1) is 0 Å². The lowest BCUT2D eigenvalue weighted by Crippen LogP contribution is -2.51. The van der Waals surface area contributed by atoms with Crippen molar-refractivity contribution in [2.24, 2.45) is 5.41 Å². The molecule has 1 saturated heterocycles. The molecule has 0 saturated carbocycles. The van der Waals surface area contributed by atoms with Crippen LogP contribution in [0.2, 0.25) is 0 Å². The molecule has 0 N–H and O–H groups in total. The summed E-state index contributed by atoms with van der Waals surface area (Å²) in [5, 5.41) is 0.228. The average Bonchev–Trinajstić information content (AvgIpc) is 2.82. The van der Waals surface area contributed by atoms with Crippen molar-refractivity contribution in [3.8, 4) is 0 Å². The summed E-state index contributed by atoms with van der Waals surface area (Å²) in [6, 6.07) is 3.79. The molecule has 1 aromatic rings. The molecule has 1 aromatic carbocycles. The molecule has 2 atom stereocenters. The SMILES string of the molecule is COC(=O)[C@@]1(C(F)(F)F)C[C@@H](c2ccc(F)cc2)N(CCBr)C1=O. The Morgan fingerprint density at radius 3 is 2.42 bits per heavy atom. The van der Waals surface area contributed by atoms with Crippen molar-refractivity contribution in [2.75, 3.05) is 19.0 Å². The van der Waals surface area contributed by atoms with Crippen LogP contribution in [0.1, 0.15) is 18.0 Å². The number of hydrogen-bond donors (Lipinski definition) is 0. The molecule has 1 aliphatic rings. The number of carbonyl (C=O) groups excluding carboxylic acids is 2. The van der Waals surface area contributed by atoms with Gasteiger partial charge in [-0.1, -0.05) is 28.1 Å². The Morgan fingerprint density at radius 2 is 1.96 bits per heavy atom. The minimum Gasteiger partial charge on any atom is -0.468 e. The van der Waals surface area contributed by atoms with Gasteiger partial charge in [-0.2, -0.15) is 13.2 Å². The minimum atomic E-state index is -5.10. The highest BCUT2D eigenvalue weighted by Crippen LogP contribution is 2.53. The number of amides is 1. The summed E-state index contributed by atoms with van der Waals surface area (Å²) in [6.07, 6.45) is -5.91. The molecular weight excluding hydrogens is 398 g/mol. The van der Waals surface area contributed by atoms with Gasteiger partial charge >= 0.3 is 12.1 Å². The zero-order valence-corrected chi connectivity index (χ0v) is 14.2. The van der Waals surface area contributed by atoms with E-state index in [1.54, 1.807) is 0 Å². The predicted molar refractivity (Wildman–Crippen MR) is 79.8 cm³/mol. The maximum absolute atomic E-state index is 13.7. The highest BCUT2D eigenvalue weighted by molar-refractivity contribution is 9.09. The van der Waals surface area contributed by atoms with Crippen LogP contribution in [-0.4, -0.2) is 41.9 Å². The summed E-state index contributed by atoms with van der Waals surface area (Å²) in [7, 11) is 0.809. The molecule has 0 bridgehead atoms. The summed E-state index contributed by atoms with van der Waals surface area (Å²) in [4.78, 5) is 25.4. The number of benzene rings is 1. The van der Waals surface area contributed by atoms with Crippen molar-refractivity contribution in [3.63, 3.8) is 0 Å². The quantitative estimate of drug-likeness (QED) is 0.330. The van der Waals surface area contributed by atoms with E-state index >= 15 is 0 Å². The van der Waals surface area contributed by atoms with Crippen LogP contribution in [0.5, 0.6) is 0 Å². The van der Waals surface area contributed by atoms with Gasteiger partial charge in [0.25, 0.3) is 0 Å². The van der Waals surface area contributed by atoms with Crippen LogP contribution in [0.15, 0.2) is 24.3 Å². The molecule has 0 radical (unpaired) electrons. The average molecular weight is 412 g/mol. The standard InChI is InChI=1S/C15H14BrF4NO3/c1-24-13(23)14(15(18,19)20)8-11(21(7-6-16)12(14)22)9-2-4-10(17)5-3-9/h2-5,11H,6-8H2,1H3/t11-,14+/m0/s1. The van der Waals surface area contributed by atoms with E-state index in [0.29, 0.717) is 5.56 Å². The lowest BCUT2D eigenvalue weighted by molar-refractivity contribution is -0.227. The maximum atomic E-state index is 13.7. The minimum absolute atomic E-state index is 0.0320. The fourth-order valence-electron chi connectivity index (χ4n) is 2.90. The molecule has 24 heavy (non-hydrogen) atoms. The number of nitrogens with zero attached hydrogens (tertiary/aromatic N) is 1. The molecule has 2 rings (SSSR count). The van der Waals surface area contributed by atoms with E-state index in [9.17, 15) is 27.2 Å². The maximum Gasteiger partial charge on any atom is 0.413 e. The highest BCUT2D eigenvalue weighted by atomic mass is 79.9. The molecule has 9 heteroatoms. The smallest absolute Gasteiger partial charge is 0.413 e. The summed E-state index contributed by atoms with van der Waals surface area (Å²) >= 11 is 3.09. The lowest BCUT2D eigenvalue weighted by atomic mass is 9.82. The third kappa shape index (κ3) is 2.89. The molecule has 0 aromatic heterocycles. The van der Waals surface area contributed by atoms with E-state index in [1.165, 1.54) is 12.1 Å². The second-order valence-corrected chi connectivity index (χ2v) is 6.15. The summed E-state index contributed by atoms with van der Waals surface area (Å²) in [5.41, 5.74) is -2.93. The number of hydrogen-bond acceptors (Lipinski definition) is 3. The summed E-state index contributed by atoms with van der Waals surface area (Å²) in [6.45, 7) is -0.0320. The van der Waals surface area contributed by atoms with Crippen LogP contribution in [0.4, 0.5) is 17.6 Å². The highest BCUT2D eigenvalue weighted by Gasteiger charge is 2.72. The van der Waals surface area contributed by atoms with Crippen molar-refractivity contribution in [1.29, 1.82) is 0 Å². The van der Waals surface area contributed by atoms with Crippen molar-refractivity contribution in [2.45, 2.75) is 18.6 Å². The first kappa shape index (κ1) is 18.7. The first-order valence-electron chi connectivity index (χ1n) is 6.96. The van der Waals surface area contributed by atoms with E-state index in [-0.39, 0.29) is 11.9 Å². The van der Waals surface area contributed by atoms with Gasteiger partial charge in [-0.25, -0.2) is 4.39 Å². The van der Waals surface area contributed by atoms with Crippen LogP contribution in [0, 0.1) is 11.2 Å². The molecular formula is C15H14BrF4NO3. The van der Waals surface area contributed by atoms with Crippen molar-refractivity contribution >= 4 is 27.8 Å². The van der Waals surface area contributed by atoms with Crippen LogP contribution in [0.3, 0.4) is 0 Å². The Balaban J connectivity index is 2.55. The van der Waals surface area contributed by atoms with Gasteiger partial charge in [0.15, 0.2) is 0 Å². The summed E-state index contributed by atoms with van der Waals surface area (Å²) < 4.78 is 58.3. The molecule has 1 fully saturated rings. The number of alkyl halides is 4. The topological polar surface area (TPSA) is 46.6 Å². The lowest BCUT2D eigenvalue weighted by Gasteiger charge is -2.27. The number of rotatable bonds is 4. The third-order valence-electron chi connectivity index (χ3n) is 4.10. The third-order valence-corrected chi connectivity index (χ3v) is 4.45. The van der Waals surface area contributed by atoms with E-state index in [0.717, 1.165) is 24.1 Å². The van der Waals surface area contributed by atoms with E-state index in [4.69, 9.17) is 0 Å². The van der Waals surface area contributed by atoms with Crippen molar-refractivity contribution in [1.82, 2.24) is 4.90 Å².